The molecule has 3 nitrogen and oxygen atoms in total. The highest BCUT2D eigenvalue weighted by Crippen LogP contribution is 2.65. The molecular weight excluding hydrogens is 332 g/mol. The van der Waals surface area contributed by atoms with Crippen LogP contribution in [0.25, 0.3) is 5.57 Å². The summed E-state index contributed by atoms with van der Waals surface area (Å²) in [6.45, 7) is 4.92. The first-order chi connectivity index (χ1) is 13.1. The first kappa shape index (κ1) is 17.0. The molecule has 5 rings (SSSR count). The van der Waals surface area contributed by atoms with Crippen molar-refractivity contribution in [1.29, 1.82) is 0 Å². The number of hydrogen-bond donors (Lipinski definition) is 1. The predicted molar refractivity (Wildman–Crippen MR) is 108 cm³/mol. The minimum Gasteiger partial charge on any atom is -0.411 e. The van der Waals surface area contributed by atoms with Gasteiger partial charge in [0.25, 0.3) is 0 Å². The van der Waals surface area contributed by atoms with E-state index in [1.165, 1.54) is 36.0 Å². The molecule has 0 aliphatic heterocycles. The summed E-state index contributed by atoms with van der Waals surface area (Å²) in [5, 5.41) is 12.7. The van der Waals surface area contributed by atoms with Gasteiger partial charge in [0.15, 0.2) is 0 Å². The van der Waals surface area contributed by atoms with Gasteiger partial charge in [-0.15, -0.1) is 0 Å². The van der Waals surface area contributed by atoms with Crippen molar-refractivity contribution in [1.82, 2.24) is 4.98 Å². The van der Waals surface area contributed by atoms with Crippen molar-refractivity contribution in [2.24, 2.45) is 27.8 Å². The van der Waals surface area contributed by atoms with E-state index in [4.69, 9.17) is 0 Å². The van der Waals surface area contributed by atoms with Gasteiger partial charge in [-0.05, 0) is 79.1 Å². The molecule has 4 aliphatic rings. The van der Waals surface area contributed by atoms with Gasteiger partial charge in [-0.2, -0.15) is 0 Å². The third-order valence-corrected chi connectivity index (χ3v) is 8.12. The molecule has 0 spiro atoms. The van der Waals surface area contributed by atoms with Gasteiger partial charge in [0.05, 0.1) is 5.71 Å². The molecule has 1 aromatic rings. The molecule has 0 bridgehead atoms. The maximum absolute atomic E-state index is 9.21. The molecule has 3 heteroatoms. The fourth-order valence-corrected chi connectivity index (χ4v) is 6.58. The number of nitrogens with zero attached hydrogens (tertiary/aromatic N) is 2. The average Bonchev–Trinajstić information content (AvgIpc) is 3.05. The van der Waals surface area contributed by atoms with Crippen LogP contribution < -0.4 is 0 Å². The number of oxime groups is 1. The van der Waals surface area contributed by atoms with Crippen LogP contribution in [0.3, 0.4) is 0 Å². The van der Waals surface area contributed by atoms with Gasteiger partial charge in [-0.3, -0.25) is 4.98 Å². The van der Waals surface area contributed by atoms with Crippen LogP contribution in [0.15, 0.2) is 59.1 Å². The lowest BCUT2D eigenvalue weighted by Gasteiger charge is -2.56. The molecule has 2 unspecified atom stereocenters. The summed E-state index contributed by atoms with van der Waals surface area (Å²) >= 11 is 0. The number of hydrogen-bond acceptors (Lipinski definition) is 3. The third kappa shape index (κ3) is 2.33. The van der Waals surface area contributed by atoms with Crippen LogP contribution in [0.4, 0.5) is 0 Å². The Morgan fingerprint density at radius 2 is 2.04 bits per heavy atom. The highest BCUT2D eigenvalue weighted by molar-refractivity contribution is 5.96. The summed E-state index contributed by atoms with van der Waals surface area (Å²) in [5.41, 5.74) is 7.18. The normalized spacial score (nSPS) is 39.0. The quantitative estimate of drug-likeness (QED) is 0.509. The summed E-state index contributed by atoms with van der Waals surface area (Å²) < 4.78 is 0. The van der Waals surface area contributed by atoms with Crippen molar-refractivity contribution in [3.63, 3.8) is 0 Å². The highest BCUT2D eigenvalue weighted by Gasteiger charge is 2.54. The van der Waals surface area contributed by atoms with Crippen LogP contribution in [-0.2, 0) is 0 Å². The van der Waals surface area contributed by atoms with Crippen molar-refractivity contribution in [2.45, 2.75) is 52.4 Å². The fourth-order valence-electron chi connectivity index (χ4n) is 6.58. The Morgan fingerprint density at radius 1 is 1.15 bits per heavy atom. The highest BCUT2D eigenvalue weighted by atomic mass is 16.4. The summed E-state index contributed by atoms with van der Waals surface area (Å²) in [4.78, 5) is 4.36. The van der Waals surface area contributed by atoms with Crippen molar-refractivity contribution >= 4 is 11.3 Å². The number of pyridine rings is 1. The number of aromatic nitrogens is 1. The van der Waals surface area contributed by atoms with Gasteiger partial charge >= 0.3 is 0 Å². The Bertz CT molecular complexity index is 894. The minimum absolute atomic E-state index is 0.161. The maximum Gasteiger partial charge on any atom is 0.0795 e. The van der Waals surface area contributed by atoms with E-state index >= 15 is 0 Å². The molecule has 0 amide bonds. The van der Waals surface area contributed by atoms with E-state index in [1.807, 2.05) is 18.5 Å². The Kier molecular flexibility index (Phi) is 3.72. The summed E-state index contributed by atoms with van der Waals surface area (Å²) in [6.07, 6.45) is 17.7. The molecule has 1 N–H and O–H groups in total. The van der Waals surface area contributed by atoms with Crippen LogP contribution in [0.5, 0.6) is 0 Å². The van der Waals surface area contributed by atoms with Crippen LogP contribution >= 0.6 is 0 Å². The fraction of sp³-hybridized carbons (Fsp3) is 0.500. The lowest BCUT2D eigenvalue weighted by molar-refractivity contribution is 0.0716. The Morgan fingerprint density at radius 3 is 2.81 bits per heavy atom. The van der Waals surface area contributed by atoms with E-state index in [-0.39, 0.29) is 10.8 Å². The zero-order valence-corrected chi connectivity index (χ0v) is 16.3. The van der Waals surface area contributed by atoms with Gasteiger partial charge < -0.3 is 5.21 Å². The molecule has 27 heavy (non-hydrogen) atoms. The molecule has 0 radical (unpaired) electrons. The monoisotopic (exact) mass is 360 g/mol. The number of rotatable bonds is 1. The molecule has 140 valence electrons. The minimum atomic E-state index is 0.161. The number of fused-ring (bicyclic) bond motifs is 5. The van der Waals surface area contributed by atoms with Crippen LogP contribution in [0.1, 0.15) is 57.9 Å². The number of allylic oxidation sites excluding steroid dienone is 6. The molecule has 1 aromatic heterocycles. The van der Waals surface area contributed by atoms with E-state index in [2.05, 4.69) is 48.3 Å². The molecule has 4 atom stereocenters. The van der Waals surface area contributed by atoms with Gasteiger partial charge in [-0.1, -0.05) is 48.4 Å². The van der Waals surface area contributed by atoms with E-state index in [9.17, 15) is 5.21 Å². The largest absolute Gasteiger partial charge is 0.411 e. The second kappa shape index (κ2) is 5.92. The topological polar surface area (TPSA) is 45.5 Å². The molecule has 4 aliphatic carbocycles. The lowest BCUT2D eigenvalue weighted by Crippen LogP contribution is -2.47. The molecule has 1 heterocycles. The van der Waals surface area contributed by atoms with E-state index in [0.717, 1.165) is 25.0 Å². The van der Waals surface area contributed by atoms with E-state index < -0.39 is 0 Å². The van der Waals surface area contributed by atoms with Crippen molar-refractivity contribution in [3.8, 4) is 0 Å². The van der Waals surface area contributed by atoms with Gasteiger partial charge in [0.2, 0.25) is 0 Å². The first-order valence-electron chi connectivity index (χ1n) is 10.3. The van der Waals surface area contributed by atoms with E-state index in [1.54, 1.807) is 5.57 Å². The van der Waals surface area contributed by atoms with Gasteiger partial charge in [-0.25, -0.2) is 0 Å². The van der Waals surface area contributed by atoms with Crippen LogP contribution in [-0.4, -0.2) is 15.9 Å². The maximum atomic E-state index is 9.21. The van der Waals surface area contributed by atoms with Crippen LogP contribution in [0.2, 0.25) is 0 Å². The van der Waals surface area contributed by atoms with Crippen LogP contribution in [0, 0.1) is 22.7 Å². The Balaban J connectivity index is 1.49. The average molecular weight is 361 g/mol. The Labute approximate surface area is 161 Å². The second-order valence-electron chi connectivity index (χ2n) is 9.24. The molecule has 0 aromatic carbocycles. The van der Waals surface area contributed by atoms with Crippen molar-refractivity contribution in [3.05, 3.63) is 59.5 Å². The summed E-state index contributed by atoms with van der Waals surface area (Å²) in [6, 6.07) is 4.25. The van der Waals surface area contributed by atoms with Gasteiger partial charge in [0.1, 0.15) is 0 Å². The van der Waals surface area contributed by atoms with E-state index in [0.29, 0.717) is 11.8 Å². The second-order valence-corrected chi connectivity index (χ2v) is 9.24. The zero-order chi connectivity index (χ0) is 18.6. The molecule has 2 fully saturated rings. The van der Waals surface area contributed by atoms with Crippen molar-refractivity contribution < 1.29 is 5.21 Å². The first-order valence-corrected chi connectivity index (χ1v) is 10.3. The molecule has 0 saturated heterocycles. The smallest absolute Gasteiger partial charge is 0.0795 e. The SMILES string of the molecule is C[C@]12CCC3C(CCC4=C/C(=N\O)CC[C@@]43C)C1=CC=C2c1cccnc1. The van der Waals surface area contributed by atoms with Gasteiger partial charge in [0, 0.05) is 17.8 Å². The summed E-state index contributed by atoms with van der Waals surface area (Å²) in [5.74, 6) is 1.38. The summed E-state index contributed by atoms with van der Waals surface area (Å²) in [7, 11) is 0. The third-order valence-electron chi connectivity index (χ3n) is 8.12. The van der Waals surface area contributed by atoms with Crippen molar-refractivity contribution in [2.75, 3.05) is 0 Å². The predicted octanol–water partition coefficient (Wildman–Crippen LogP) is 5.79. The Hall–Kier alpha value is -2.16. The molecular formula is C24H28N2O. The lowest BCUT2D eigenvalue weighted by atomic mass is 9.48. The molecule has 2 saturated carbocycles. The standard InChI is InChI=1S/C24H28N2O/c1-23-11-9-18(26-27)14-17(23)5-6-19-21-8-7-20(16-4-3-13-25-15-16)24(21,2)12-10-22(19)23/h3-4,7-8,13-15,19,22,27H,5-6,9-12H2,1-2H3/b26-18-/t19?,22?,23-,24+/m0/s1. The zero-order valence-electron chi connectivity index (χ0n) is 16.3.